The van der Waals surface area contributed by atoms with Crippen LogP contribution in [0, 0.1) is 0 Å². The molecule has 0 atom stereocenters. The first-order valence-electron chi connectivity index (χ1n) is 7.05. The molecule has 2 aromatic rings. The Morgan fingerprint density at radius 2 is 1.76 bits per heavy atom. The predicted octanol–water partition coefficient (Wildman–Crippen LogP) is 2.36. The molecular weight excluding hydrogens is 339 g/mol. The lowest BCUT2D eigenvalue weighted by Gasteiger charge is -2.08. The van der Waals surface area contributed by atoms with Crippen molar-refractivity contribution in [2.24, 2.45) is 0 Å². The van der Waals surface area contributed by atoms with E-state index in [1.54, 1.807) is 24.3 Å². The zero-order valence-electron chi connectivity index (χ0n) is 13.1. The number of ether oxygens (including phenoxy) is 1. The van der Waals surface area contributed by atoms with Crippen LogP contribution in [-0.4, -0.2) is 23.9 Å². The fraction of sp³-hybridized carbons (Fsp3) is 0.188. The molecule has 132 valence electrons. The van der Waals surface area contributed by atoms with Gasteiger partial charge in [0.1, 0.15) is 11.4 Å². The smallest absolute Gasteiger partial charge is 0.433 e. The lowest BCUT2D eigenvalue weighted by Crippen LogP contribution is -2.35. The zero-order valence-corrected chi connectivity index (χ0v) is 13.1. The average molecular weight is 353 g/mol. The van der Waals surface area contributed by atoms with Crippen LogP contribution in [0.15, 0.2) is 42.6 Å². The van der Waals surface area contributed by atoms with Gasteiger partial charge in [0.25, 0.3) is 0 Å². The molecule has 25 heavy (non-hydrogen) atoms. The van der Waals surface area contributed by atoms with Gasteiger partial charge in [-0.2, -0.15) is 13.2 Å². The monoisotopic (exact) mass is 353 g/mol. The third kappa shape index (κ3) is 5.20. The minimum atomic E-state index is -4.57. The van der Waals surface area contributed by atoms with Crippen molar-refractivity contribution in [1.29, 1.82) is 0 Å². The fourth-order valence-corrected chi connectivity index (χ4v) is 1.83. The molecule has 2 rings (SSSR count). The lowest BCUT2D eigenvalue weighted by atomic mass is 10.2. The Balaban J connectivity index is 1.88. The van der Waals surface area contributed by atoms with Gasteiger partial charge in [-0.3, -0.25) is 9.59 Å². The van der Waals surface area contributed by atoms with Gasteiger partial charge in [0, 0.05) is 6.54 Å². The normalized spacial score (nSPS) is 10.9. The Labute approximate surface area is 141 Å². The summed E-state index contributed by atoms with van der Waals surface area (Å²) >= 11 is 0. The molecule has 0 radical (unpaired) electrons. The summed E-state index contributed by atoms with van der Waals surface area (Å²) in [6, 6.07) is 8.58. The van der Waals surface area contributed by atoms with Crippen LogP contribution < -0.4 is 15.4 Å². The van der Waals surface area contributed by atoms with Crippen molar-refractivity contribution in [3.05, 3.63) is 53.9 Å². The van der Waals surface area contributed by atoms with E-state index >= 15 is 0 Å². The number of amides is 2. The number of nitrogens with one attached hydrogen (secondary N) is 2. The number of methoxy groups -OCH3 is 1. The third-order valence-electron chi connectivity index (χ3n) is 3.13. The number of carbonyl (C=O) groups excluding carboxylic acids is 2. The number of aromatic nitrogens is 1. The zero-order chi connectivity index (χ0) is 18.4. The molecule has 0 fully saturated rings. The Kier molecular flexibility index (Phi) is 5.58. The van der Waals surface area contributed by atoms with Crippen molar-refractivity contribution in [1.82, 2.24) is 10.3 Å². The molecule has 0 saturated heterocycles. The van der Waals surface area contributed by atoms with Crippen molar-refractivity contribution >= 4 is 17.5 Å². The van der Waals surface area contributed by atoms with Gasteiger partial charge in [0.2, 0.25) is 0 Å². The Morgan fingerprint density at radius 1 is 1.08 bits per heavy atom. The molecule has 2 amide bonds. The molecule has 1 aromatic heterocycles. The molecule has 0 aliphatic rings. The number of pyridine rings is 1. The first-order chi connectivity index (χ1) is 11.8. The molecule has 9 heteroatoms. The van der Waals surface area contributed by atoms with Gasteiger partial charge >= 0.3 is 18.0 Å². The molecule has 0 aliphatic heterocycles. The van der Waals surface area contributed by atoms with Gasteiger partial charge in [-0.25, -0.2) is 4.98 Å². The third-order valence-corrected chi connectivity index (χ3v) is 3.13. The van der Waals surface area contributed by atoms with Crippen molar-refractivity contribution < 1.29 is 27.5 Å². The van der Waals surface area contributed by atoms with Crippen LogP contribution >= 0.6 is 0 Å². The molecule has 6 nitrogen and oxygen atoms in total. The van der Waals surface area contributed by atoms with Crippen molar-refractivity contribution in [2.45, 2.75) is 12.7 Å². The quantitative estimate of drug-likeness (QED) is 0.827. The van der Waals surface area contributed by atoms with Crippen LogP contribution in [0.4, 0.5) is 18.9 Å². The summed E-state index contributed by atoms with van der Waals surface area (Å²) < 4.78 is 42.2. The fourth-order valence-electron chi connectivity index (χ4n) is 1.83. The highest BCUT2D eigenvalue weighted by Gasteiger charge is 2.32. The van der Waals surface area contributed by atoms with E-state index in [0.717, 1.165) is 17.8 Å². The second kappa shape index (κ2) is 7.65. The van der Waals surface area contributed by atoms with Crippen molar-refractivity contribution in [3.8, 4) is 5.75 Å². The second-order valence-electron chi connectivity index (χ2n) is 4.91. The van der Waals surface area contributed by atoms with E-state index in [1.807, 2.05) is 0 Å². The van der Waals surface area contributed by atoms with Gasteiger partial charge in [-0.05, 0) is 29.8 Å². The summed E-state index contributed by atoms with van der Waals surface area (Å²) in [6.07, 6.45) is -3.74. The van der Waals surface area contributed by atoms with Gasteiger partial charge in [-0.1, -0.05) is 12.1 Å². The maximum atomic E-state index is 12.4. The maximum Gasteiger partial charge on any atom is 0.433 e. The van der Waals surface area contributed by atoms with E-state index in [2.05, 4.69) is 15.6 Å². The molecule has 2 N–H and O–H groups in total. The average Bonchev–Trinajstić information content (AvgIpc) is 2.59. The van der Waals surface area contributed by atoms with E-state index in [4.69, 9.17) is 4.74 Å². The summed E-state index contributed by atoms with van der Waals surface area (Å²) in [5.74, 6) is -1.27. The molecular formula is C16H14F3N3O3. The van der Waals surface area contributed by atoms with E-state index in [0.29, 0.717) is 11.8 Å². The number of benzene rings is 1. The first kappa shape index (κ1) is 18.2. The Hall–Kier alpha value is -3.10. The van der Waals surface area contributed by atoms with Crippen LogP contribution in [-0.2, 0) is 22.3 Å². The summed E-state index contributed by atoms with van der Waals surface area (Å²) in [7, 11) is 1.53. The van der Waals surface area contributed by atoms with E-state index in [1.165, 1.54) is 7.11 Å². The lowest BCUT2D eigenvalue weighted by molar-refractivity contribution is -0.141. The minimum absolute atomic E-state index is 0.0161. The van der Waals surface area contributed by atoms with Gasteiger partial charge in [0.05, 0.1) is 19.0 Å². The number of nitrogens with zero attached hydrogens (tertiary/aromatic N) is 1. The number of rotatable bonds is 4. The number of halogens is 3. The maximum absolute atomic E-state index is 12.4. The number of alkyl halides is 3. The van der Waals surface area contributed by atoms with E-state index in [-0.39, 0.29) is 12.2 Å². The molecule has 0 saturated carbocycles. The molecule has 0 spiro atoms. The number of hydrogen-bond acceptors (Lipinski definition) is 4. The minimum Gasteiger partial charge on any atom is -0.497 e. The molecule has 0 aliphatic carbocycles. The summed E-state index contributed by atoms with van der Waals surface area (Å²) in [6.45, 7) is 0.113. The number of anilines is 1. The first-order valence-corrected chi connectivity index (χ1v) is 7.05. The van der Waals surface area contributed by atoms with E-state index in [9.17, 15) is 22.8 Å². The summed E-state index contributed by atoms with van der Waals surface area (Å²) in [4.78, 5) is 26.6. The summed E-state index contributed by atoms with van der Waals surface area (Å²) in [5, 5.41) is 4.57. The number of hydrogen-bond donors (Lipinski definition) is 2. The van der Waals surface area contributed by atoms with Gasteiger partial charge in [-0.15, -0.1) is 0 Å². The highest BCUT2D eigenvalue weighted by atomic mass is 19.4. The van der Waals surface area contributed by atoms with Crippen LogP contribution in [0.5, 0.6) is 5.75 Å². The number of carbonyl (C=O) groups is 2. The van der Waals surface area contributed by atoms with Crippen molar-refractivity contribution in [2.75, 3.05) is 12.4 Å². The van der Waals surface area contributed by atoms with Crippen molar-refractivity contribution in [3.63, 3.8) is 0 Å². The standard InChI is InChI=1S/C16H14F3N3O3/c1-25-12-5-2-10(3-6-12)8-21-14(23)15(24)22-11-4-7-13(20-9-11)16(17,18)19/h2-7,9H,8H2,1H3,(H,21,23)(H,22,24). The predicted molar refractivity (Wildman–Crippen MR) is 82.7 cm³/mol. The second-order valence-corrected chi connectivity index (χ2v) is 4.91. The Morgan fingerprint density at radius 3 is 2.28 bits per heavy atom. The van der Waals surface area contributed by atoms with Gasteiger partial charge < -0.3 is 15.4 Å². The largest absolute Gasteiger partial charge is 0.497 e. The van der Waals surface area contributed by atoms with Crippen LogP contribution in [0.3, 0.4) is 0 Å². The van der Waals surface area contributed by atoms with Crippen LogP contribution in [0.25, 0.3) is 0 Å². The highest BCUT2D eigenvalue weighted by molar-refractivity contribution is 6.39. The molecule has 1 aromatic carbocycles. The SMILES string of the molecule is COc1ccc(CNC(=O)C(=O)Nc2ccc(C(F)(F)F)nc2)cc1. The Bertz CT molecular complexity index is 744. The molecule has 0 bridgehead atoms. The van der Waals surface area contributed by atoms with E-state index < -0.39 is 23.7 Å². The topological polar surface area (TPSA) is 80.3 Å². The van der Waals surface area contributed by atoms with Crippen LogP contribution in [0.1, 0.15) is 11.3 Å². The van der Waals surface area contributed by atoms with Crippen LogP contribution in [0.2, 0.25) is 0 Å². The molecule has 0 unspecified atom stereocenters. The molecule has 1 heterocycles. The highest BCUT2D eigenvalue weighted by Crippen LogP contribution is 2.27. The summed E-state index contributed by atoms with van der Waals surface area (Å²) in [5.41, 5.74) is -0.356. The van der Waals surface area contributed by atoms with Gasteiger partial charge in [0.15, 0.2) is 0 Å².